The number of phenolic OH excluding ortho intramolecular Hbond substituents is 1. The summed E-state index contributed by atoms with van der Waals surface area (Å²) in [6.07, 6.45) is 1.47. The SMILES string of the molecule is Nc1ncc(Oc2ccccc2Cl)c(Nc2ccc(O)cc2)n1. The standard InChI is InChI=1S/C16H13ClN4O2/c17-12-3-1-2-4-13(12)23-14-9-19-16(18)21-15(14)20-10-5-7-11(22)8-6-10/h1-9,22H,(H3,18,19,20,21). The van der Waals surface area contributed by atoms with Crippen LogP contribution in [0.5, 0.6) is 17.2 Å². The number of nitrogen functional groups attached to an aromatic ring is 1. The molecule has 3 aromatic rings. The van der Waals surface area contributed by atoms with E-state index in [2.05, 4.69) is 15.3 Å². The van der Waals surface area contributed by atoms with Crippen LogP contribution in [0.2, 0.25) is 5.02 Å². The summed E-state index contributed by atoms with van der Waals surface area (Å²) in [5, 5.41) is 12.9. The van der Waals surface area contributed by atoms with Crippen molar-refractivity contribution in [2.24, 2.45) is 0 Å². The Kier molecular flexibility index (Phi) is 4.16. The molecule has 0 bridgehead atoms. The van der Waals surface area contributed by atoms with Gasteiger partial charge in [0, 0.05) is 5.69 Å². The molecular weight excluding hydrogens is 316 g/mol. The predicted molar refractivity (Wildman–Crippen MR) is 89.4 cm³/mol. The third kappa shape index (κ3) is 3.61. The molecule has 0 radical (unpaired) electrons. The average molecular weight is 329 g/mol. The second-order valence-electron chi connectivity index (χ2n) is 4.65. The highest BCUT2D eigenvalue weighted by molar-refractivity contribution is 6.32. The van der Waals surface area contributed by atoms with Crippen molar-refractivity contribution < 1.29 is 9.84 Å². The number of nitrogens with zero attached hydrogens (tertiary/aromatic N) is 2. The number of benzene rings is 2. The number of anilines is 3. The second kappa shape index (κ2) is 6.41. The molecule has 0 saturated heterocycles. The first-order valence-corrected chi connectivity index (χ1v) is 7.10. The van der Waals surface area contributed by atoms with Gasteiger partial charge < -0.3 is 20.9 Å². The van der Waals surface area contributed by atoms with Crippen molar-refractivity contribution in [1.29, 1.82) is 0 Å². The maximum Gasteiger partial charge on any atom is 0.222 e. The minimum Gasteiger partial charge on any atom is -0.508 e. The molecule has 23 heavy (non-hydrogen) atoms. The van der Waals surface area contributed by atoms with Crippen molar-refractivity contribution in [3.05, 3.63) is 59.8 Å². The maximum atomic E-state index is 9.33. The number of rotatable bonds is 4. The molecule has 0 spiro atoms. The van der Waals surface area contributed by atoms with Gasteiger partial charge in [-0.2, -0.15) is 4.98 Å². The molecule has 0 unspecified atom stereocenters. The van der Waals surface area contributed by atoms with E-state index in [4.69, 9.17) is 22.1 Å². The smallest absolute Gasteiger partial charge is 0.222 e. The topological polar surface area (TPSA) is 93.3 Å². The minimum atomic E-state index is 0.109. The molecule has 0 aliphatic rings. The molecule has 7 heteroatoms. The molecular formula is C16H13ClN4O2. The van der Waals surface area contributed by atoms with Gasteiger partial charge >= 0.3 is 0 Å². The Labute approximate surface area is 137 Å². The zero-order valence-corrected chi connectivity index (χ0v) is 12.7. The Morgan fingerprint density at radius 3 is 2.52 bits per heavy atom. The van der Waals surface area contributed by atoms with Crippen molar-refractivity contribution in [2.75, 3.05) is 11.1 Å². The molecule has 1 heterocycles. The monoisotopic (exact) mass is 328 g/mol. The van der Waals surface area contributed by atoms with E-state index < -0.39 is 0 Å². The van der Waals surface area contributed by atoms with Crippen molar-refractivity contribution >= 4 is 29.1 Å². The molecule has 0 aliphatic heterocycles. The lowest BCUT2D eigenvalue weighted by Crippen LogP contribution is -2.02. The Balaban J connectivity index is 1.91. The molecule has 6 nitrogen and oxygen atoms in total. The van der Waals surface area contributed by atoms with Crippen LogP contribution in [0.3, 0.4) is 0 Å². The van der Waals surface area contributed by atoms with Gasteiger partial charge in [0.1, 0.15) is 11.5 Å². The Bertz CT molecular complexity index is 825. The fourth-order valence-electron chi connectivity index (χ4n) is 1.88. The largest absolute Gasteiger partial charge is 0.508 e. The van der Waals surface area contributed by atoms with E-state index in [0.717, 1.165) is 0 Å². The van der Waals surface area contributed by atoms with Crippen LogP contribution in [0.4, 0.5) is 17.5 Å². The van der Waals surface area contributed by atoms with Gasteiger partial charge in [0.25, 0.3) is 0 Å². The summed E-state index contributed by atoms with van der Waals surface area (Å²) in [6.45, 7) is 0. The van der Waals surface area contributed by atoms with Crippen molar-refractivity contribution in [3.63, 3.8) is 0 Å². The summed E-state index contributed by atoms with van der Waals surface area (Å²) in [4.78, 5) is 8.08. The first-order valence-electron chi connectivity index (χ1n) is 6.73. The molecule has 0 amide bonds. The van der Waals surface area contributed by atoms with E-state index in [-0.39, 0.29) is 11.7 Å². The Morgan fingerprint density at radius 1 is 1.04 bits per heavy atom. The Hall–Kier alpha value is -2.99. The number of aromatic hydroxyl groups is 1. The van der Waals surface area contributed by atoms with E-state index >= 15 is 0 Å². The van der Waals surface area contributed by atoms with E-state index in [1.807, 2.05) is 12.1 Å². The molecule has 1 aromatic heterocycles. The molecule has 0 saturated carbocycles. The lowest BCUT2D eigenvalue weighted by molar-refractivity contribution is 0.475. The Morgan fingerprint density at radius 2 is 1.78 bits per heavy atom. The van der Waals surface area contributed by atoms with Crippen molar-refractivity contribution in [3.8, 4) is 17.2 Å². The van der Waals surface area contributed by atoms with Gasteiger partial charge in [-0.05, 0) is 36.4 Å². The highest BCUT2D eigenvalue weighted by atomic mass is 35.5. The molecule has 0 atom stereocenters. The van der Waals surface area contributed by atoms with E-state index in [9.17, 15) is 5.11 Å². The summed E-state index contributed by atoms with van der Waals surface area (Å²) in [5.41, 5.74) is 6.36. The highest BCUT2D eigenvalue weighted by Crippen LogP contribution is 2.33. The first-order chi connectivity index (χ1) is 11.1. The highest BCUT2D eigenvalue weighted by Gasteiger charge is 2.11. The number of ether oxygens (including phenoxy) is 1. The van der Waals surface area contributed by atoms with Gasteiger partial charge in [0.05, 0.1) is 11.2 Å². The van der Waals surface area contributed by atoms with Gasteiger partial charge in [0.2, 0.25) is 5.95 Å². The van der Waals surface area contributed by atoms with Gasteiger partial charge in [-0.25, -0.2) is 4.98 Å². The van der Waals surface area contributed by atoms with Crippen LogP contribution in [-0.4, -0.2) is 15.1 Å². The van der Waals surface area contributed by atoms with Crippen molar-refractivity contribution in [1.82, 2.24) is 9.97 Å². The maximum absolute atomic E-state index is 9.33. The number of para-hydroxylation sites is 1. The summed E-state index contributed by atoms with van der Waals surface area (Å²) >= 11 is 6.10. The van der Waals surface area contributed by atoms with E-state index in [1.165, 1.54) is 6.20 Å². The van der Waals surface area contributed by atoms with E-state index in [0.29, 0.717) is 28.0 Å². The van der Waals surface area contributed by atoms with Crippen molar-refractivity contribution in [2.45, 2.75) is 0 Å². The lowest BCUT2D eigenvalue weighted by Gasteiger charge is -2.13. The molecule has 0 aliphatic carbocycles. The summed E-state index contributed by atoms with van der Waals surface area (Å²) < 4.78 is 5.77. The number of hydrogen-bond acceptors (Lipinski definition) is 6. The van der Waals surface area contributed by atoms with E-state index in [1.54, 1.807) is 36.4 Å². The number of aromatic nitrogens is 2. The third-order valence-electron chi connectivity index (χ3n) is 2.96. The number of phenols is 1. The van der Waals surface area contributed by atoms with Gasteiger partial charge in [0.15, 0.2) is 11.6 Å². The van der Waals surface area contributed by atoms with Crippen LogP contribution < -0.4 is 15.8 Å². The molecule has 116 valence electrons. The lowest BCUT2D eigenvalue weighted by atomic mass is 10.3. The summed E-state index contributed by atoms with van der Waals surface area (Å²) in [6, 6.07) is 13.6. The molecule has 0 fully saturated rings. The van der Waals surface area contributed by atoms with Crippen LogP contribution in [0.15, 0.2) is 54.7 Å². The van der Waals surface area contributed by atoms with Gasteiger partial charge in [-0.3, -0.25) is 0 Å². The van der Waals surface area contributed by atoms with Gasteiger partial charge in [-0.15, -0.1) is 0 Å². The van der Waals surface area contributed by atoms with Crippen LogP contribution >= 0.6 is 11.6 Å². The molecule has 2 aromatic carbocycles. The van der Waals surface area contributed by atoms with Crippen LogP contribution in [0.1, 0.15) is 0 Å². The second-order valence-corrected chi connectivity index (χ2v) is 5.05. The van der Waals surface area contributed by atoms with Crippen LogP contribution in [0, 0.1) is 0 Å². The fraction of sp³-hybridized carbons (Fsp3) is 0. The predicted octanol–water partition coefficient (Wildman–Crippen LogP) is 3.95. The zero-order chi connectivity index (χ0) is 16.2. The number of nitrogens with one attached hydrogen (secondary N) is 1. The number of halogens is 1. The van der Waals surface area contributed by atoms with Crippen LogP contribution in [-0.2, 0) is 0 Å². The zero-order valence-electron chi connectivity index (χ0n) is 11.9. The minimum absolute atomic E-state index is 0.109. The fourth-order valence-corrected chi connectivity index (χ4v) is 2.05. The average Bonchev–Trinajstić information content (AvgIpc) is 2.54. The normalized spacial score (nSPS) is 10.3. The summed E-state index contributed by atoms with van der Waals surface area (Å²) in [7, 11) is 0. The van der Waals surface area contributed by atoms with Crippen LogP contribution in [0.25, 0.3) is 0 Å². The quantitative estimate of drug-likeness (QED) is 0.628. The summed E-state index contributed by atoms with van der Waals surface area (Å²) in [5.74, 6) is 1.53. The third-order valence-corrected chi connectivity index (χ3v) is 3.27. The number of nitrogens with two attached hydrogens (primary N) is 1. The molecule has 3 rings (SSSR count). The molecule has 4 N–H and O–H groups in total. The first kappa shape index (κ1) is 14.9. The number of hydrogen-bond donors (Lipinski definition) is 3. The van der Waals surface area contributed by atoms with Gasteiger partial charge in [-0.1, -0.05) is 23.7 Å².